The third kappa shape index (κ3) is 6.61. The van der Waals surface area contributed by atoms with Crippen molar-refractivity contribution in [1.29, 1.82) is 0 Å². The molecule has 0 saturated carbocycles. The lowest BCUT2D eigenvalue weighted by Gasteiger charge is -1.98. The molecule has 2 aromatic carbocycles. The van der Waals surface area contributed by atoms with E-state index in [1.165, 1.54) is 6.08 Å². The van der Waals surface area contributed by atoms with E-state index in [4.69, 9.17) is 9.84 Å². The predicted molar refractivity (Wildman–Crippen MR) is 104 cm³/mol. The van der Waals surface area contributed by atoms with Gasteiger partial charge in [0.25, 0.3) is 0 Å². The third-order valence-electron chi connectivity index (χ3n) is 3.46. The minimum absolute atomic E-state index is 0.349. The molecule has 1 N–H and O–H groups in total. The molecule has 0 saturated heterocycles. The molecule has 4 heteroatoms. The maximum absolute atomic E-state index is 11.3. The van der Waals surface area contributed by atoms with Gasteiger partial charge in [-0.1, -0.05) is 60.7 Å². The highest BCUT2D eigenvalue weighted by Gasteiger charge is 1.95. The second kappa shape index (κ2) is 9.79. The summed E-state index contributed by atoms with van der Waals surface area (Å²) < 4.78 is 4.84. The average molecular weight is 348 g/mol. The van der Waals surface area contributed by atoms with Crippen molar-refractivity contribution >= 4 is 36.2 Å². The number of hydrogen-bond acceptors (Lipinski definition) is 3. The molecule has 2 rings (SSSR count). The van der Waals surface area contributed by atoms with Gasteiger partial charge in [-0.3, -0.25) is 0 Å². The molecule has 132 valence electrons. The number of esters is 1. The molecule has 0 heterocycles. The summed E-state index contributed by atoms with van der Waals surface area (Å²) in [6.07, 6.45) is 9.76. The van der Waals surface area contributed by atoms with Gasteiger partial charge in [0.15, 0.2) is 0 Å². The maximum atomic E-state index is 11.3. The van der Waals surface area contributed by atoms with E-state index in [0.29, 0.717) is 6.61 Å². The number of carboxylic acids is 1. The molecule has 0 bridgehead atoms. The van der Waals surface area contributed by atoms with E-state index in [-0.39, 0.29) is 5.97 Å². The molecule has 0 radical (unpaired) electrons. The van der Waals surface area contributed by atoms with Gasteiger partial charge in [-0.2, -0.15) is 0 Å². The molecule has 0 atom stereocenters. The highest BCUT2D eigenvalue weighted by atomic mass is 16.5. The molecule has 0 aliphatic carbocycles. The minimum atomic E-state index is -0.963. The normalized spacial score (nSPS) is 11.4. The van der Waals surface area contributed by atoms with E-state index in [2.05, 4.69) is 0 Å². The lowest BCUT2D eigenvalue weighted by Crippen LogP contribution is -1.98. The number of hydrogen-bond donors (Lipinski definition) is 1. The Labute approximate surface area is 152 Å². The fourth-order valence-corrected chi connectivity index (χ4v) is 2.15. The van der Waals surface area contributed by atoms with Gasteiger partial charge in [-0.15, -0.1) is 0 Å². The first-order valence-electron chi connectivity index (χ1n) is 8.21. The van der Waals surface area contributed by atoms with Crippen LogP contribution in [0.5, 0.6) is 0 Å². The molecular formula is C22H20O4. The number of benzene rings is 2. The van der Waals surface area contributed by atoms with E-state index < -0.39 is 5.97 Å². The van der Waals surface area contributed by atoms with Crippen LogP contribution in [0.15, 0.2) is 60.7 Å². The molecule has 26 heavy (non-hydrogen) atoms. The number of aliphatic carboxylic acids is 1. The first-order chi connectivity index (χ1) is 12.6. The Balaban J connectivity index is 1.97. The fraction of sp³-hybridized carbons (Fsp3) is 0.0909. The molecule has 0 aromatic heterocycles. The topological polar surface area (TPSA) is 63.6 Å². The molecule has 0 amide bonds. The van der Waals surface area contributed by atoms with Crippen molar-refractivity contribution in [2.24, 2.45) is 0 Å². The number of rotatable bonds is 7. The van der Waals surface area contributed by atoms with Gasteiger partial charge in [0.2, 0.25) is 0 Å². The number of carbonyl (C=O) groups is 2. The van der Waals surface area contributed by atoms with Gasteiger partial charge in [-0.25, -0.2) is 9.59 Å². The van der Waals surface area contributed by atoms with Crippen LogP contribution in [0.3, 0.4) is 0 Å². The molecular weight excluding hydrogens is 328 g/mol. The summed E-state index contributed by atoms with van der Waals surface area (Å²) in [5.74, 6) is -1.31. The SMILES string of the molecule is CCOC(=O)/C=C/c1ccc(/C=C/c2ccc(/C=C/C(=O)O)cc2)cc1. The zero-order valence-electron chi connectivity index (χ0n) is 14.5. The van der Waals surface area contributed by atoms with Crippen LogP contribution >= 0.6 is 0 Å². The minimum Gasteiger partial charge on any atom is -0.478 e. The molecule has 0 spiro atoms. The molecule has 0 fully saturated rings. The van der Waals surface area contributed by atoms with E-state index in [1.807, 2.05) is 60.7 Å². The summed E-state index contributed by atoms with van der Waals surface area (Å²) in [4.78, 5) is 21.8. The Morgan fingerprint density at radius 3 is 1.54 bits per heavy atom. The van der Waals surface area contributed by atoms with Crippen LogP contribution in [0.2, 0.25) is 0 Å². The van der Waals surface area contributed by atoms with E-state index in [0.717, 1.165) is 28.3 Å². The smallest absolute Gasteiger partial charge is 0.330 e. The van der Waals surface area contributed by atoms with Crippen LogP contribution in [0.25, 0.3) is 24.3 Å². The van der Waals surface area contributed by atoms with Crippen molar-refractivity contribution in [3.8, 4) is 0 Å². The van der Waals surface area contributed by atoms with Crippen molar-refractivity contribution in [3.05, 3.63) is 82.9 Å². The quantitative estimate of drug-likeness (QED) is 0.453. The summed E-state index contributed by atoms with van der Waals surface area (Å²) >= 11 is 0. The predicted octanol–water partition coefficient (Wildman–Crippen LogP) is 4.53. The molecule has 2 aromatic rings. The van der Waals surface area contributed by atoms with Gasteiger partial charge in [0, 0.05) is 12.2 Å². The van der Waals surface area contributed by atoms with Crippen molar-refractivity contribution < 1.29 is 19.4 Å². The Morgan fingerprint density at radius 1 is 0.769 bits per heavy atom. The Hall–Kier alpha value is -3.40. The van der Waals surface area contributed by atoms with E-state index >= 15 is 0 Å². The van der Waals surface area contributed by atoms with Crippen LogP contribution < -0.4 is 0 Å². The second-order valence-corrected chi connectivity index (χ2v) is 5.42. The number of carboxylic acid groups (broad SMARTS) is 1. The Bertz CT molecular complexity index is 825. The van der Waals surface area contributed by atoms with Crippen LogP contribution in [0.4, 0.5) is 0 Å². The summed E-state index contributed by atoms with van der Waals surface area (Å²) in [5, 5.41) is 8.62. The zero-order chi connectivity index (χ0) is 18.8. The van der Waals surface area contributed by atoms with Gasteiger partial charge >= 0.3 is 11.9 Å². The number of ether oxygens (including phenoxy) is 1. The van der Waals surface area contributed by atoms with Gasteiger partial charge < -0.3 is 9.84 Å². The van der Waals surface area contributed by atoms with Crippen molar-refractivity contribution in [2.45, 2.75) is 6.92 Å². The standard InChI is InChI=1S/C22H20O4/c1-2-26-22(25)16-14-20-11-7-18(8-12-20)4-3-17-5-9-19(10-6-17)13-15-21(23)24/h3-16H,2H2,1H3,(H,23,24)/b4-3+,15-13+,16-14+. The summed E-state index contributed by atoms with van der Waals surface area (Å²) in [7, 11) is 0. The van der Waals surface area contributed by atoms with Crippen LogP contribution in [-0.4, -0.2) is 23.7 Å². The monoisotopic (exact) mass is 348 g/mol. The largest absolute Gasteiger partial charge is 0.478 e. The first kappa shape index (κ1) is 18.9. The Kier molecular flexibility index (Phi) is 7.13. The summed E-state index contributed by atoms with van der Waals surface area (Å²) in [6.45, 7) is 2.14. The lowest BCUT2D eigenvalue weighted by molar-refractivity contribution is -0.137. The molecule has 4 nitrogen and oxygen atoms in total. The third-order valence-corrected chi connectivity index (χ3v) is 3.46. The van der Waals surface area contributed by atoms with Crippen molar-refractivity contribution in [1.82, 2.24) is 0 Å². The molecule has 0 unspecified atom stereocenters. The summed E-state index contributed by atoms with van der Waals surface area (Å²) in [5.41, 5.74) is 3.81. The van der Waals surface area contributed by atoms with Crippen LogP contribution in [0, 0.1) is 0 Å². The molecule has 0 aliphatic heterocycles. The summed E-state index contributed by atoms with van der Waals surface area (Å²) in [6, 6.07) is 15.4. The maximum Gasteiger partial charge on any atom is 0.330 e. The van der Waals surface area contributed by atoms with E-state index in [9.17, 15) is 9.59 Å². The van der Waals surface area contributed by atoms with Crippen molar-refractivity contribution in [2.75, 3.05) is 6.61 Å². The van der Waals surface area contributed by atoms with Gasteiger partial charge in [0.05, 0.1) is 6.61 Å². The Morgan fingerprint density at radius 2 is 1.15 bits per heavy atom. The average Bonchev–Trinajstić information content (AvgIpc) is 2.65. The fourth-order valence-electron chi connectivity index (χ4n) is 2.15. The first-order valence-corrected chi connectivity index (χ1v) is 8.21. The molecule has 0 aliphatic rings. The highest BCUT2D eigenvalue weighted by Crippen LogP contribution is 2.12. The van der Waals surface area contributed by atoms with Crippen molar-refractivity contribution in [3.63, 3.8) is 0 Å². The van der Waals surface area contributed by atoms with Gasteiger partial charge in [0.1, 0.15) is 0 Å². The highest BCUT2D eigenvalue weighted by molar-refractivity contribution is 5.87. The van der Waals surface area contributed by atoms with Crippen LogP contribution in [0.1, 0.15) is 29.2 Å². The second-order valence-electron chi connectivity index (χ2n) is 5.42. The van der Waals surface area contributed by atoms with E-state index in [1.54, 1.807) is 19.1 Å². The number of carbonyl (C=O) groups excluding carboxylic acids is 1. The lowest BCUT2D eigenvalue weighted by atomic mass is 10.1. The van der Waals surface area contributed by atoms with Crippen LogP contribution in [-0.2, 0) is 14.3 Å². The zero-order valence-corrected chi connectivity index (χ0v) is 14.5. The van der Waals surface area contributed by atoms with Gasteiger partial charge in [-0.05, 0) is 41.3 Å².